The fourth-order valence-corrected chi connectivity index (χ4v) is 4.49. The van der Waals surface area contributed by atoms with Gasteiger partial charge in [0.05, 0.1) is 11.4 Å². The maximum Gasteiger partial charge on any atom is 0.156 e. The Kier molecular flexibility index (Phi) is 5.30. The highest BCUT2D eigenvalue weighted by Gasteiger charge is 2.30. The first-order valence-electron chi connectivity index (χ1n) is 10.1. The zero-order valence-corrected chi connectivity index (χ0v) is 17.0. The van der Waals surface area contributed by atoms with E-state index in [4.69, 9.17) is 20.2 Å². The summed E-state index contributed by atoms with van der Waals surface area (Å²) in [5, 5.41) is 12.3. The van der Waals surface area contributed by atoms with Crippen LogP contribution in [0.15, 0.2) is 4.99 Å². The second-order valence-corrected chi connectivity index (χ2v) is 7.57. The van der Waals surface area contributed by atoms with Crippen molar-refractivity contribution in [1.82, 2.24) is 24.6 Å². The van der Waals surface area contributed by atoms with Crippen LogP contribution in [0, 0.1) is 12.3 Å². The van der Waals surface area contributed by atoms with Gasteiger partial charge >= 0.3 is 0 Å². The maximum atomic E-state index is 7.64. The Balaban J connectivity index is 1.69. The Hall–Kier alpha value is -2.48. The molecule has 0 aliphatic carbocycles. The lowest BCUT2D eigenvalue weighted by Gasteiger charge is -2.30. The van der Waals surface area contributed by atoms with Gasteiger partial charge in [-0.15, -0.1) is 0 Å². The number of hydrogen-bond donors (Lipinski definition) is 2. The van der Waals surface area contributed by atoms with Gasteiger partial charge in [-0.3, -0.25) is 10.1 Å². The quantitative estimate of drug-likeness (QED) is 0.626. The molecule has 0 aromatic carbocycles. The Bertz CT molecular complexity index is 889. The minimum atomic E-state index is 0.370. The van der Waals surface area contributed by atoms with E-state index in [0.717, 1.165) is 81.4 Å². The van der Waals surface area contributed by atoms with Crippen LogP contribution >= 0.6 is 0 Å². The molecule has 150 valence electrons. The minimum Gasteiger partial charge on any atom is -0.381 e. The molecule has 0 amide bonds. The number of nitrogens with zero attached hydrogens (tertiary/aromatic N) is 5. The second kappa shape index (κ2) is 7.87. The van der Waals surface area contributed by atoms with Crippen LogP contribution < -0.4 is 0 Å². The summed E-state index contributed by atoms with van der Waals surface area (Å²) >= 11 is 0. The number of hydrogen-bond acceptors (Lipinski definition) is 4. The number of aliphatic imine (C=N–C) groups is 1. The standard InChI is InChI=1S/C20H29N7O/c1-4-17-15-11-27(8-5-16(15)25-26(17)3)20(22-12-21)19-18(23-13(2)24-19)14-6-9-28-10-7-14/h12,14,21H,4-11H2,1-3H3,(H,23,24)/b21-12?,22-20+. The molecule has 8 heteroatoms. The maximum absolute atomic E-state index is 7.64. The number of fused-ring (bicyclic) bond motifs is 1. The van der Waals surface area contributed by atoms with Crippen LogP contribution in [-0.4, -0.2) is 56.6 Å². The highest BCUT2D eigenvalue weighted by atomic mass is 16.5. The predicted octanol–water partition coefficient (Wildman–Crippen LogP) is 2.32. The minimum absolute atomic E-state index is 0.370. The molecule has 2 aromatic rings. The third-order valence-corrected chi connectivity index (χ3v) is 5.83. The van der Waals surface area contributed by atoms with Gasteiger partial charge in [-0.2, -0.15) is 5.10 Å². The molecule has 4 heterocycles. The number of aryl methyl sites for hydroxylation is 2. The summed E-state index contributed by atoms with van der Waals surface area (Å²) in [6, 6.07) is 0. The first-order chi connectivity index (χ1) is 13.6. The smallest absolute Gasteiger partial charge is 0.156 e. The second-order valence-electron chi connectivity index (χ2n) is 7.57. The average molecular weight is 384 g/mol. The number of ether oxygens (including phenoxy) is 1. The Morgan fingerprint density at radius 3 is 2.89 bits per heavy atom. The third-order valence-electron chi connectivity index (χ3n) is 5.83. The van der Waals surface area contributed by atoms with Gasteiger partial charge in [0.2, 0.25) is 0 Å². The number of aromatic amines is 1. The van der Waals surface area contributed by atoms with Crippen molar-refractivity contribution in [3.63, 3.8) is 0 Å². The van der Waals surface area contributed by atoms with Crippen LogP contribution in [-0.2, 0) is 31.2 Å². The van der Waals surface area contributed by atoms with Gasteiger partial charge in [0.25, 0.3) is 0 Å². The van der Waals surface area contributed by atoms with E-state index in [0.29, 0.717) is 5.92 Å². The first-order valence-corrected chi connectivity index (χ1v) is 10.1. The summed E-state index contributed by atoms with van der Waals surface area (Å²) in [7, 11) is 2.02. The molecule has 0 radical (unpaired) electrons. The topological polar surface area (TPSA) is 95.2 Å². The molecule has 2 N–H and O–H groups in total. The van der Waals surface area contributed by atoms with E-state index in [-0.39, 0.29) is 0 Å². The molecule has 28 heavy (non-hydrogen) atoms. The van der Waals surface area contributed by atoms with Gasteiger partial charge in [0, 0.05) is 56.9 Å². The first kappa shape index (κ1) is 18.9. The number of rotatable bonds is 4. The summed E-state index contributed by atoms with van der Waals surface area (Å²) in [5.74, 6) is 2.07. The molecular formula is C20H29N7O. The lowest BCUT2D eigenvalue weighted by atomic mass is 9.94. The van der Waals surface area contributed by atoms with Crippen molar-refractivity contribution in [2.45, 2.75) is 52.0 Å². The highest BCUT2D eigenvalue weighted by Crippen LogP contribution is 2.30. The van der Waals surface area contributed by atoms with E-state index in [1.54, 1.807) is 0 Å². The van der Waals surface area contributed by atoms with Crippen molar-refractivity contribution >= 4 is 12.2 Å². The molecule has 0 unspecified atom stereocenters. The Morgan fingerprint density at radius 2 is 2.18 bits per heavy atom. The van der Waals surface area contributed by atoms with Gasteiger partial charge in [-0.05, 0) is 26.2 Å². The van der Waals surface area contributed by atoms with Crippen molar-refractivity contribution in [1.29, 1.82) is 5.41 Å². The molecule has 4 rings (SSSR count). The molecule has 8 nitrogen and oxygen atoms in total. The predicted molar refractivity (Wildman–Crippen MR) is 108 cm³/mol. The Morgan fingerprint density at radius 1 is 1.39 bits per heavy atom. The number of imidazole rings is 1. The molecular weight excluding hydrogens is 354 g/mol. The van der Waals surface area contributed by atoms with Crippen molar-refractivity contribution < 1.29 is 4.74 Å². The van der Waals surface area contributed by atoms with Crippen molar-refractivity contribution in [2.24, 2.45) is 12.0 Å². The van der Waals surface area contributed by atoms with Crippen LogP contribution in [0.25, 0.3) is 0 Å². The monoisotopic (exact) mass is 383 g/mol. The van der Waals surface area contributed by atoms with E-state index in [1.807, 2.05) is 18.7 Å². The van der Waals surface area contributed by atoms with Crippen molar-refractivity contribution in [3.05, 3.63) is 34.2 Å². The van der Waals surface area contributed by atoms with Gasteiger partial charge in [0.15, 0.2) is 5.84 Å². The number of nitrogens with one attached hydrogen (secondary N) is 2. The molecule has 2 aliphatic heterocycles. The number of aromatic nitrogens is 4. The van der Waals surface area contributed by atoms with Gasteiger partial charge in [-0.1, -0.05) is 6.92 Å². The van der Waals surface area contributed by atoms with Crippen LogP contribution in [0.4, 0.5) is 0 Å². The molecule has 2 aliphatic rings. The van der Waals surface area contributed by atoms with Crippen molar-refractivity contribution in [2.75, 3.05) is 19.8 Å². The van der Waals surface area contributed by atoms with E-state index < -0.39 is 0 Å². The van der Waals surface area contributed by atoms with Crippen LogP contribution in [0.1, 0.15) is 59.8 Å². The summed E-state index contributed by atoms with van der Waals surface area (Å²) in [5.41, 5.74) is 5.79. The normalized spacial score (nSPS) is 18.4. The molecule has 1 fully saturated rings. The molecule has 0 atom stereocenters. The molecule has 1 saturated heterocycles. The fourth-order valence-electron chi connectivity index (χ4n) is 4.49. The van der Waals surface area contributed by atoms with Gasteiger partial charge in [-0.25, -0.2) is 9.98 Å². The van der Waals surface area contributed by atoms with Gasteiger partial charge < -0.3 is 14.6 Å². The van der Waals surface area contributed by atoms with E-state index >= 15 is 0 Å². The third kappa shape index (κ3) is 3.37. The van der Waals surface area contributed by atoms with E-state index in [1.165, 1.54) is 17.0 Å². The highest BCUT2D eigenvalue weighted by molar-refractivity contribution is 6.01. The molecule has 0 spiro atoms. The van der Waals surface area contributed by atoms with Crippen LogP contribution in [0.3, 0.4) is 0 Å². The zero-order valence-electron chi connectivity index (χ0n) is 17.0. The van der Waals surface area contributed by atoms with Crippen molar-refractivity contribution in [3.8, 4) is 0 Å². The van der Waals surface area contributed by atoms with E-state index in [9.17, 15) is 0 Å². The molecule has 2 aromatic heterocycles. The molecule has 0 saturated carbocycles. The lowest BCUT2D eigenvalue weighted by molar-refractivity contribution is 0.0845. The summed E-state index contributed by atoms with van der Waals surface area (Å²) in [6.45, 7) is 7.31. The summed E-state index contributed by atoms with van der Waals surface area (Å²) in [6.07, 6.45) is 4.93. The summed E-state index contributed by atoms with van der Waals surface area (Å²) in [4.78, 5) is 15.0. The SMILES string of the molecule is CCc1c2c(nn1C)CCN(/C(=N/C=N)c1[nH]c(C)nc1C1CCOCC1)C2. The molecule has 0 bridgehead atoms. The van der Waals surface area contributed by atoms with Crippen LogP contribution in [0.5, 0.6) is 0 Å². The van der Waals surface area contributed by atoms with Crippen LogP contribution in [0.2, 0.25) is 0 Å². The van der Waals surface area contributed by atoms with E-state index in [2.05, 4.69) is 21.8 Å². The van der Waals surface area contributed by atoms with Gasteiger partial charge in [0.1, 0.15) is 17.9 Å². The fraction of sp³-hybridized carbons (Fsp3) is 0.600. The average Bonchev–Trinajstić information content (AvgIpc) is 3.25. The summed E-state index contributed by atoms with van der Waals surface area (Å²) < 4.78 is 7.54. The zero-order chi connectivity index (χ0) is 19.7. The number of H-pyrrole nitrogens is 1. The number of amidine groups is 1. The lowest BCUT2D eigenvalue weighted by Crippen LogP contribution is -2.37. The Labute approximate surface area is 165 Å². The largest absolute Gasteiger partial charge is 0.381 e.